The second-order valence-electron chi connectivity index (χ2n) is 0.238. The fourth-order valence-corrected chi connectivity index (χ4v) is 0. The van der Waals surface area contributed by atoms with Crippen LogP contribution in [0.3, 0.4) is 0 Å². The number of hydrogen-bond donors (Lipinski definition) is 1. The first-order valence-electron chi connectivity index (χ1n) is 0.565. The van der Waals surface area contributed by atoms with Crippen LogP contribution in [0.1, 0.15) is 0 Å². The molecule has 0 aromatic rings. The van der Waals surface area contributed by atoms with Crippen molar-refractivity contribution in [1.82, 2.24) is 0 Å². The Bertz CT molecular complexity index is 29.9. The van der Waals surface area contributed by atoms with E-state index in [-0.39, 0.29) is 41.7 Å². The van der Waals surface area contributed by atoms with Gasteiger partial charge in [0.1, 0.15) is 0 Å². The van der Waals surface area contributed by atoms with Crippen LogP contribution in [0, 0.1) is 51.9 Å². The van der Waals surface area contributed by atoms with E-state index in [4.69, 9.17) is 15.3 Å². The minimum atomic E-state index is -1.50. The van der Waals surface area contributed by atoms with Crippen molar-refractivity contribution in [3.63, 3.8) is 0 Å². The van der Waals surface area contributed by atoms with E-state index in [1.807, 2.05) is 0 Å². The van der Waals surface area contributed by atoms with Gasteiger partial charge in [0.05, 0.1) is 0 Å². The van der Waals surface area contributed by atoms with Crippen LogP contribution in [0.2, 0.25) is 0 Å². The summed E-state index contributed by atoms with van der Waals surface area (Å²) in [5, 5.41) is 13.6. The summed E-state index contributed by atoms with van der Waals surface area (Å²) >= 11 is 0. The van der Waals surface area contributed by atoms with Crippen LogP contribution in [0.15, 0.2) is 0 Å². The molecule has 0 bridgehead atoms. The topological polar surface area (TPSA) is 63.4 Å². The molecule has 0 rings (SSSR count). The maximum absolute atomic E-state index is 8.36. The minimum Gasteiger partial charge on any atom is -0.328 e. The Morgan fingerprint density at radius 2 is 1.80 bits per heavy atom. The van der Waals surface area contributed by atoms with Crippen molar-refractivity contribution in [3.05, 3.63) is 10.1 Å². The van der Waals surface area contributed by atoms with E-state index >= 15 is 0 Å². The maximum Gasteiger partial charge on any atom is 4.00 e. The minimum absolute atomic E-state index is 0. The summed E-state index contributed by atoms with van der Waals surface area (Å²) < 4.78 is 0. The summed E-state index contributed by atoms with van der Waals surface area (Å²) in [7, 11) is 0. The molecule has 4 nitrogen and oxygen atoms in total. The van der Waals surface area contributed by atoms with Gasteiger partial charge in [0.25, 0.3) is 5.09 Å². The van der Waals surface area contributed by atoms with Crippen LogP contribution >= 0.6 is 0 Å². The Labute approximate surface area is 61.7 Å². The Morgan fingerprint density at radius 3 is 1.80 bits per heavy atom. The van der Waals surface area contributed by atoms with E-state index in [2.05, 4.69) is 0 Å². The molecular formula is HCeNO3+4. The second-order valence-corrected chi connectivity index (χ2v) is 0.238. The smallest absolute Gasteiger partial charge is 0.328 e. The van der Waals surface area contributed by atoms with Crippen molar-refractivity contribution in [2.45, 2.75) is 0 Å². The number of hydrogen-bond acceptors (Lipinski definition) is 2. The molecule has 0 fully saturated rings. The summed E-state index contributed by atoms with van der Waals surface area (Å²) in [5.74, 6) is 0. The van der Waals surface area contributed by atoms with E-state index in [1.165, 1.54) is 0 Å². The molecule has 0 saturated heterocycles. The molecule has 0 aliphatic heterocycles. The van der Waals surface area contributed by atoms with Crippen LogP contribution in [-0.2, 0) is 0 Å². The van der Waals surface area contributed by atoms with Gasteiger partial charge in [-0.3, -0.25) is 0 Å². The molecule has 0 aromatic heterocycles. The van der Waals surface area contributed by atoms with E-state index in [0.29, 0.717) is 0 Å². The molecule has 0 atom stereocenters. The van der Waals surface area contributed by atoms with Gasteiger partial charge in [-0.15, -0.1) is 10.1 Å². The summed E-state index contributed by atoms with van der Waals surface area (Å²) in [5.41, 5.74) is 0. The van der Waals surface area contributed by atoms with Gasteiger partial charge in [-0.1, -0.05) is 0 Å². The fourth-order valence-electron chi connectivity index (χ4n) is 0. The molecule has 5 heteroatoms. The molecule has 0 aliphatic rings. The summed E-state index contributed by atoms with van der Waals surface area (Å²) in [6, 6.07) is 0. The average molecular weight is 203 g/mol. The average Bonchev–Trinajstić information content (AvgIpc) is 0.811. The summed E-state index contributed by atoms with van der Waals surface area (Å²) in [4.78, 5) is 8.36. The van der Waals surface area contributed by atoms with Crippen molar-refractivity contribution in [1.29, 1.82) is 0 Å². The van der Waals surface area contributed by atoms with Crippen LogP contribution < -0.4 is 0 Å². The first-order valence-corrected chi connectivity index (χ1v) is 0.565. The SMILES string of the molecule is O=[N+]([O-])O.[Ce+4]. The Balaban J connectivity index is 0. The van der Waals surface area contributed by atoms with Gasteiger partial charge in [0.2, 0.25) is 0 Å². The largest absolute Gasteiger partial charge is 4.00 e. The third kappa shape index (κ3) is 91.4. The monoisotopic (exact) mass is 203 g/mol. The van der Waals surface area contributed by atoms with Gasteiger partial charge >= 0.3 is 41.7 Å². The van der Waals surface area contributed by atoms with Crippen molar-refractivity contribution < 1.29 is 52.0 Å². The van der Waals surface area contributed by atoms with E-state index in [1.54, 1.807) is 0 Å². The van der Waals surface area contributed by atoms with Crippen LogP contribution in [0.25, 0.3) is 0 Å². The van der Waals surface area contributed by atoms with Gasteiger partial charge in [-0.25, -0.2) is 0 Å². The van der Waals surface area contributed by atoms with Gasteiger partial charge < -0.3 is 5.21 Å². The van der Waals surface area contributed by atoms with Gasteiger partial charge in [-0.2, -0.15) is 0 Å². The molecule has 5 heavy (non-hydrogen) atoms. The molecular weight excluding hydrogens is 202 g/mol. The van der Waals surface area contributed by atoms with Crippen LogP contribution in [-0.4, -0.2) is 10.3 Å². The zero-order valence-corrected chi connectivity index (χ0v) is 5.35. The molecule has 0 spiro atoms. The molecule has 0 radical (unpaired) electrons. The Hall–Kier alpha value is 0.577. The van der Waals surface area contributed by atoms with E-state index in [0.717, 1.165) is 0 Å². The molecule has 0 amide bonds. The molecule has 0 aromatic carbocycles. The normalized spacial score (nSPS) is 4.80. The van der Waals surface area contributed by atoms with E-state index in [9.17, 15) is 0 Å². The van der Waals surface area contributed by atoms with Gasteiger partial charge in [-0.05, 0) is 0 Å². The van der Waals surface area contributed by atoms with Crippen molar-refractivity contribution in [3.8, 4) is 0 Å². The molecule has 0 unspecified atom stereocenters. The van der Waals surface area contributed by atoms with Crippen molar-refractivity contribution >= 4 is 0 Å². The summed E-state index contributed by atoms with van der Waals surface area (Å²) in [6.07, 6.45) is 0. The maximum atomic E-state index is 8.36. The van der Waals surface area contributed by atoms with E-state index < -0.39 is 5.09 Å². The molecule has 0 heterocycles. The number of nitrogens with zero attached hydrogens (tertiary/aromatic N) is 1. The summed E-state index contributed by atoms with van der Waals surface area (Å²) in [6.45, 7) is 0. The van der Waals surface area contributed by atoms with Crippen LogP contribution in [0.5, 0.6) is 0 Å². The Morgan fingerprint density at radius 1 is 1.80 bits per heavy atom. The molecule has 0 saturated carbocycles. The molecule has 0 aliphatic carbocycles. The third-order valence-corrected chi connectivity index (χ3v) is 0. The third-order valence-electron chi connectivity index (χ3n) is 0. The van der Waals surface area contributed by atoms with Crippen molar-refractivity contribution in [2.24, 2.45) is 0 Å². The van der Waals surface area contributed by atoms with Crippen LogP contribution in [0.4, 0.5) is 0 Å². The first-order chi connectivity index (χ1) is 1.73. The quantitative estimate of drug-likeness (QED) is 0.432. The first kappa shape index (κ1) is 9.13. The Kier molecular flexibility index (Phi) is 8.36. The van der Waals surface area contributed by atoms with Crippen molar-refractivity contribution in [2.75, 3.05) is 0 Å². The molecule has 1 N–H and O–H groups in total. The fraction of sp³-hybridized carbons (Fsp3) is 0. The number of rotatable bonds is 0. The zero-order chi connectivity index (χ0) is 3.58. The standard InChI is InChI=1S/Ce.HNO3/c;2-1(3)4/h;(H,2,3,4)/q+4;. The predicted octanol–water partition coefficient (Wildman–Crippen LogP) is -0.348. The van der Waals surface area contributed by atoms with Gasteiger partial charge in [0, 0.05) is 0 Å². The zero-order valence-electron chi connectivity index (χ0n) is 2.21. The van der Waals surface area contributed by atoms with Gasteiger partial charge in [0.15, 0.2) is 0 Å². The second kappa shape index (κ2) is 4.58. The molecule has 24 valence electrons. The predicted molar refractivity (Wildman–Crippen MR) is 8.78 cm³/mol.